The normalized spacial score (nSPS) is 11.2. The molecule has 0 unspecified atom stereocenters. The topological polar surface area (TPSA) is 69.4 Å². The SMILES string of the molecule is C=Cc1ccc(CS(=O)(=O)ON)cc1. The Hall–Kier alpha value is -1.17. The van der Waals surface area contributed by atoms with Crippen LogP contribution in [0.3, 0.4) is 0 Å². The van der Waals surface area contributed by atoms with Crippen LogP contribution >= 0.6 is 0 Å². The van der Waals surface area contributed by atoms with E-state index < -0.39 is 10.1 Å². The van der Waals surface area contributed by atoms with Gasteiger partial charge < -0.3 is 0 Å². The molecule has 1 aromatic carbocycles. The molecule has 1 aromatic rings. The van der Waals surface area contributed by atoms with Crippen LogP contribution in [0.4, 0.5) is 0 Å². The molecular weight excluding hydrogens is 202 g/mol. The van der Waals surface area contributed by atoms with Crippen molar-refractivity contribution in [3.05, 3.63) is 42.0 Å². The van der Waals surface area contributed by atoms with Crippen LogP contribution in [-0.4, -0.2) is 8.42 Å². The van der Waals surface area contributed by atoms with Gasteiger partial charge in [0.15, 0.2) is 0 Å². The van der Waals surface area contributed by atoms with E-state index in [4.69, 9.17) is 0 Å². The first kappa shape index (κ1) is 10.9. The molecule has 0 aliphatic carbocycles. The van der Waals surface area contributed by atoms with Crippen LogP contribution in [0.2, 0.25) is 0 Å². The second-order valence-corrected chi connectivity index (χ2v) is 4.34. The number of hydrogen-bond donors (Lipinski definition) is 1. The molecule has 0 bridgehead atoms. The standard InChI is InChI=1S/C9H11NO3S/c1-2-8-3-5-9(6-4-8)7-14(11,12)13-10/h2-6H,1,7,10H2. The summed E-state index contributed by atoms with van der Waals surface area (Å²) in [6, 6.07) is 6.92. The summed E-state index contributed by atoms with van der Waals surface area (Å²) in [6.45, 7) is 3.59. The predicted octanol–water partition coefficient (Wildman–Crippen LogP) is 1.05. The molecule has 76 valence electrons. The number of rotatable bonds is 4. The van der Waals surface area contributed by atoms with E-state index >= 15 is 0 Å². The van der Waals surface area contributed by atoms with E-state index in [0.29, 0.717) is 5.56 Å². The van der Waals surface area contributed by atoms with Crippen LogP contribution in [0.1, 0.15) is 11.1 Å². The molecule has 0 heterocycles. The molecule has 2 N–H and O–H groups in total. The third-order valence-electron chi connectivity index (χ3n) is 1.71. The summed E-state index contributed by atoms with van der Waals surface area (Å²) in [6.07, 6.45) is 1.68. The van der Waals surface area contributed by atoms with Crippen LogP contribution in [0.5, 0.6) is 0 Å². The van der Waals surface area contributed by atoms with Crippen molar-refractivity contribution in [2.45, 2.75) is 5.75 Å². The average Bonchev–Trinajstić information content (AvgIpc) is 2.19. The molecule has 0 aliphatic rings. The van der Waals surface area contributed by atoms with Crippen LogP contribution in [0.15, 0.2) is 30.8 Å². The number of hydrogen-bond acceptors (Lipinski definition) is 4. The summed E-state index contributed by atoms with van der Waals surface area (Å²) in [5, 5.41) is 0. The van der Waals surface area contributed by atoms with Gasteiger partial charge in [-0.3, -0.25) is 0 Å². The van der Waals surface area contributed by atoms with E-state index in [1.54, 1.807) is 30.3 Å². The quantitative estimate of drug-likeness (QED) is 0.759. The molecule has 0 spiro atoms. The molecule has 0 amide bonds. The lowest BCUT2D eigenvalue weighted by Crippen LogP contribution is -2.13. The highest BCUT2D eigenvalue weighted by Gasteiger charge is 2.09. The third kappa shape index (κ3) is 2.95. The van der Waals surface area contributed by atoms with E-state index in [0.717, 1.165) is 5.56 Å². The Morgan fingerprint density at radius 1 is 1.36 bits per heavy atom. The summed E-state index contributed by atoms with van der Waals surface area (Å²) in [5.74, 6) is 4.38. The first-order chi connectivity index (χ1) is 6.57. The lowest BCUT2D eigenvalue weighted by molar-refractivity contribution is 0.332. The molecule has 0 fully saturated rings. The predicted molar refractivity (Wildman–Crippen MR) is 54.4 cm³/mol. The summed E-state index contributed by atoms with van der Waals surface area (Å²) in [7, 11) is -3.64. The van der Waals surface area contributed by atoms with E-state index in [1.165, 1.54) is 0 Å². The van der Waals surface area contributed by atoms with Crippen molar-refractivity contribution >= 4 is 16.2 Å². The van der Waals surface area contributed by atoms with Crippen LogP contribution < -0.4 is 5.90 Å². The summed E-state index contributed by atoms with van der Waals surface area (Å²) in [4.78, 5) is 0. The molecule has 0 aliphatic heterocycles. The van der Waals surface area contributed by atoms with Gasteiger partial charge in [-0.2, -0.15) is 18.6 Å². The lowest BCUT2D eigenvalue weighted by Gasteiger charge is -2.01. The Morgan fingerprint density at radius 3 is 2.36 bits per heavy atom. The fourth-order valence-corrected chi connectivity index (χ4v) is 1.66. The van der Waals surface area contributed by atoms with Gasteiger partial charge in [-0.25, -0.2) is 0 Å². The Balaban J connectivity index is 2.84. The Labute approximate surface area is 83.1 Å². The van der Waals surface area contributed by atoms with Crippen molar-refractivity contribution in [1.29, 1.82) is 0 Å². The van der Waals surface area contributed by atoms with Gasteiger partial charge in [0.2, 0.25) is 0 Å². The van der Waals surface area contributed by atoms with Gasteiger partial charge in [-0.1, -0.05) is 36.9 Å². The minimum Gasteiger partial charge on any atom is -0.198 e. The Morgan fingerprint density at radius 2 is 1.93 bits per heavy atom. The van der Waals surface area contributed by atoms with Gasteiger partial charge in [0.1, 0.15) is 5.75 Å². The average molecular weight is 213 g/mol. The summed E-state index contributed by atoms with van der Waals surface area (Å²) < 4.78 is 25.8. The smallest absolute Gasteiger partial charge is 0.198 e. The third-order valence-corrected chi connectivity index (χ3v) is 2.69. The van der Waals surface area contributed by atoms with Crippen LogP contribution in [0, 0.1) is 0 Å². The van der Waals surface area contributed by atoms with Gasteiger partial charge >= 0.3 is 0 Å². The van der Waals surface area contributed by atoms with E-state index in [2.05, 4.69) is 16.8 Å². The van der Waals surface area contributed by atoms with E-state index in [9.17, 15) is 8.42 Å². The van der Waals surface area contributed by atoms with Crippen molar-refractivity contribution in [3.63, 3.8) is 0 Å². The van der Waals surface area contributed by atoms with Gasteiger partial charge in [-0.05, 0) is 11.1 Å². The lowest BCUT2D eigenvalue weighted by atomic mass is 10.1. The molecule has 14 heavy (non-hydrogen) atoms. The van der Waals surface area contributed by atoms with Crippen molar-refractivity contribution in [1.82, 2.24) is 0 Å². The van der Waals surface area contributed by atoms with E-state index in [-0.39, 0.29) is 5.75 Å². The fraction of sp³-hybridized carbons (Fsp3) is 0.111. The maximum Gasteiger partial charge on any atom is 0.287 e. The van der Waals surface area contributed by atoms with Gasteiger partial charge in [0.05, 0.1) is 0 Å². The highest BCUT2D eigenvalue weighted by molar-refractivity contribution is 7.85. The van der Waals surface area contributed by atoms with Crippen molar-refractivity contribution in [2.75, 3.05) is 0 Å². The van der Waals surface area contributed by atoms with E-state index in [1.807, 2.05) is 0 Å². The first-order valence-corrected chi connectivity index (χ1v) is 5.47. The van der Waals surface area contributed by atoms with Gasteiger partial charge in [0, 0.05) is 0 Å². The molecule has 5 heteroatoms. The van der Waals surface area contributed by atoms with Crippen molar-refractivity contribution in [3.8, 4) is 0 Å². The first-order valence-electron chi connectivity index (χ1n) is 3.90. The molecule has 0 atom stereocenters. The minimum absolute atomic E-state index is 0.221. The highest BCUT2D eigenvalue weighted by atomic mass is 32.2. The number of nitrogens with two attached hydrogens (primary N) is 1. The second kappa shape index (κ2) is 4.36. The summed E-state index contributed by atoms with van der Waals surface area (Å²) in [5.41, 5.74) is 1.56. The Bertz CT molecular complexity index is 408. The molecule has 0 aromatic heterocycles. The molecule has 0 saturated heterocycles. The highest BCUT2D eigenvalue weighted by Crippen LogP contribution is 2.09. The maximum absolute atomic E-state index is 11.0. The Kier molecular flexibility index (Phi) is 3.40. The fourth-order valence-electron chi connectivity index (χ4n) is 0.988. The number of benzene rings is 1. The zero-order chi connectivity index (χ0) is 10.6. The molecule has 1 rings (SSSR count). The zero-order valence-corrected chi connectivity index (χ0v) is 8.33. The second-order valence-electron chi connectivity index (χ2n) is 2.74. The maximum atomic E-state index is 11.0. The molecule has 0 saturated carbocycles. The largest absolute Gasteiger partial charge is 0.287 e. The molecule has 0 radical (unpaired) electrons. The monoisotopic (exact) mass is 213 g/mol. The van der Waals surface area contributed by atoms with Gasteiger partial charge in [-0.15, -0.1) is 0 Å². The van der Waals surface area contributed by atoms with Gasteiger partial charge in [0.25, 0.3) is 10.1 Å². The molecule has 4 nitrogen and oxygen atoms in total. The van der Waals surface area contributed by atoms with Crippen molar-refractivity contribution < 1.29 is 12.7 Å². The zero-order valence-electron chi connectivity index (χ0n) is 7.51. The minimum atomic E-state index is -3.64. The molecular formula is C9H11NO3S. The summed E-state index contributed by atoms with van der Waals surface area (Å²) >= 11 is 0. The van der Waals surface area contributed by atoms with Crippen LogP contribution in [0.25, 0.3) is 6.08 Å². The van der Waals surface area contributed by atoms with Crippen molar-refractivity contribution in [2.24, 2.45) is 5.90 Å². The van der Waals surface area contributed by atoms with Crippen LogP contribution in [-0.2, 0) is 20.2 Å².